The van der Waals surface area contributed by atoms with Gasteiger partial charge >= 0.3 is 41.8 Å². The standard InChI is InChI=1S/C72H68O21/c1-4-40-81-71-61(92-68(79)51-36-22-10-23-37-51)59(90-66(77)49-32-18-8-19-33-49)57(88-64(75)47-28-14-6-15-29-47)54(85-71)43-83-72-62(93-69(80)52-38-24-11-25-39-52)60(91-67(78)50-34-20-9-21-35-50)58(89-65(76)48-30-16-7-17-31-48)55(86-72)42-82-70-56(45(3)44(2)53(41-73)84-70)87-63(74)46-26-12-5-13-27-46/h4-39,44-45,53-62,70-73H,1,40-43H2,2-3H3/t44-,45-,53+,54+,55+,56+,57+,58+,59-,60-,61+,62+,70+,71?,72+/m0/s1. The fraction of sp³-hybridized carbons (Fsp3) is 0.292. The first-order chi connectivity index (χ1) is 45.3. The molecule has 7 aromatic carbocycles. The third-order valence-corrected chi connectivity index (χ3v) is 15.9. The maximum absolute atomic E-state index is 14.7. The second-order valence-corrected chi connectivity index (χ2v) is 22.0. The van der Waals surface area contributed by atoms with E-state index in [9.17, 15) is 38.7 Å². The minimum Gasteiger partial charge on any atom is -0.453 e. The van der Waals surface area contributed by atoms with Gasteiger partial charge in [-0.15, -0.1) is 6.58 Å². The summed E-state index contributed by atoms with van der Waals surface area (Å²) in [6, 6.07) is 55.2. The molecule has 3 saturated heterocycles. The Labute approximate surface area is 535 Å². The fourth-order valence-electron chi connectivity index (χ4n) is 10.8. The monoisotopic (exact) mass is 1270 g/mol. The summed E-state index contributed by atoms with van der Waals surface area (Å²) in [5.41, 5.74) is 0.513. The van der Waals surface area contributed by atoms with Crippen molar-refractivity contribution >= 4 is 41.8 Å². The zero-order valence-corrected chi connectivity index (χ0v) is 50.6. The normalized spacial score (nSPS) is 25.8. The van der Waals surface area contributed by atoms with Crippen molar-refractivity contribution in [3.63, 3.8) is 0 Å². The van der Waals surface area contributed by atoms with Crippen molar-refractivity contribution in [3.05, 3.63) is 264 Å². The number of rotatable bonds is 24. The second-order valence-electron chi connectivity index (χ2n) is 22.0. The number of hydrogen-bond acceptors (Lipinski definition) is 21. The Morgan fingerprint density at radius 1 is 0.333 bits per heavy atom. The number of esters is 7. The number of aliphatic hydroxyl groups excluding tert-OH is 1. The third-order valence-electron chi connectivity index (χ3n) is 15.9. The van der Waals surface area contributed by atoms with Crippen LogP contribution in [0.4, 0.5) is 0 Å². The number of ether oxygens (including phenoxy) is 13. The van der Waals surface area contributed by atoms with E-state index in [1.165, 1.54) is 78.9 Å². The van der Waals surface area contributed by atoms with Gasteiger partial charge in [0.2, 0.25) is 0 Å². The van der Waals surface area contributed by atoms with E-state index in [2.05, 4.69) is 6.58 Å². The topological polar surface area (TPSA) is 260 Å². The van der Waals surface area contributed by atoms with Gasteiger partial charge < -0.3 is 66.7 Å². The third kappa shape index (κ3) is 16.7. The van der Waals surface area contributed by atoms with E-state index < -0.39 is 147 Å². The molecule has 3 fully saturated rings. The zero-order chi connectivity index (χ0) is 65.2. The molecule has 0 bridgehead atoms. The Balaban J connectivity index is 1.08. The average Bonchev–Trinajstić information content (AvgIpc) is 0.803. The van der Waals surface area contributed by atoms with Crippen molar-refractivity contribution in [1.82, 2.24) is 0 Å². The lowest BCUT2D eigenvalue weighted by Crippen LogP contribution is -2.65. The van der Waals surface area contributed by atoms with E-state index in [0.717, 1.165) is 0 Å². The molecule has 482 valence electrons. The largest absolute Gasteiger partial charge is 0.453 e. The Bertz CT molecular complexity index is 3600. The SMILES string of the molecule is C=CCOC1O[C@H](CO[C@@H]2O[C@H](CO[C@@H]3O[C@H](CO)[C@@H](C)[C@H](C)[C@H]3OC(=O)c3ccccc3)[C@@H](OC(=O)c3ccccc3)[C@H](OC(=O)c3ccccc3)[C@H]2OC(=O)c2ccccc2)[C@@H](OC(=O)c2ccccc2)[C@H](OC(=O)c2ccccc2)[C@H]1OC(=O)c1ccccc1. The Hall–Kier alpha value is -9.71. The van der Waals surface area contributed by atoms with Gasteiger partial charge in [0.25, 0.3) is 0 Å². The highest BCUT2D eigenvalue weighted by Gasteiger charge is 2.57. The van der Waals surface area contributed by atoms with Crippen molar-refractivity contribution < 1.29 is 100 Å². The summed E-state index contributed by atoms with van der Waals surface area (Å²) >= 11 is 0. The van der Waals surface area contributed by atoms with Crippen molar-refractivity contribution in [2.45, 2.75) is 93.8 Å². The van der Waals surface area contributed by atoms with Gasteiger partial charge in [0, 0.05) is 5.92 Å². The van der Waals surface area contributed by atoms with E-state index in [1.807, 2.05) is 6.92 Å². The summed E-state index contributed by atoms with van der Waals surface area (Å²) in [4.78, 5) is 101. The molecular weight excluding hydrogens is 1200 g/mol. The molecule has 21 heteroatoms. The highest BCUT2D eigenvalue weighted by Crippen LogP contribution is 2.38. The molecule has 7 aromatic rings. The lowest BCUT2D eigenvalue weighted by Gasteiger charge is -2.47. The number of hydrogen-bond donors (Lipinski definition) is 1. The fourth-order valence-corrected chi connectivity index (χ4v) is 10.8. The van der Waals surface area contributed by atoms with Crippen molar-refractivity contribution in [2.75, 3.05) is 26.4 Å². The lowest BCUT2D eigenvalue weighted by atomic mass is 9.83. The molecule has 3 aliphatic heterocycles. The summed E-state index contributed by atoms with van der Waals surface area (Å²) < 4.78 is 83.5. The highest BCUT2D eigenvalue weighted by molar-refractivity contribution is 5.93. The van der Waals surface area contributed by atoms with Crippen LogP contribution in [0.25, 0.3) is 0 Å². The smallest absolute Gasteiger partial charge is 0.338 e. The first kappa shape index (κ1) is 66.2. The Morgan fingerprint density at radius 2 is 0.570 bits per heavy atom. The van der Waals surface area contributed by atoms with Gasteiger partial charge in [-0.3, -0.25) is 0 Å². The molecule has 15 atom stereocenters. The van der Waals surface area contributed by atoms with Crippen LogP contribution in [0.1, 0.15) is 86.4 Å². The molecule has 3 aliphatic rings. The molecule has 1 unspecified atom stereocenters. The Kier molecular flexibility index (Phi) is 22.8. The molecular formula is C72H68O21. The van der Waals surface area contributed by atoms with Gasteiger partial charge in [0.15, 0.2) is 61.6 Å². The number of aliphatic hydroxyl groups is 1. The molecule has 1 N–H and O–H groups in total. The van der Waals surface area contributed by atoms with E-state index >= 15 is 0 Å². The van der Waals surface area contributed by atoms with Crippen LogP contribution < -0.4 is 0 Å². The summed E-state index contributed by atoms with van der Waals surface area (Å²) in [7, 11) is 0. The predicted octanol–water partition coefficient (Wildman–Crippen LogP) is 9.24. The minimum atomic E-state index is -1.94. The number of carbonyl (C=O) groups excluding carboxylic acids is 7. The predicted molar refractivity (Wildman–Crippen MR) is 329 cm³/mol. The lowest BCUT2D eigenvalue weighted by molar-refractivity contribution is -0.336. The van der Waals surface area contributed by atoms with Gasteiger partial charge in [0.1, 0.15) is 12.2 Å². The molecule has 0 saturated carbocycles. The van der Waals surface area contributed by atoms with Crippen LogP contribution >= 0.6 is 0 Å². The van der Waals surface area contributed by atoms with Crippen LogP contribution in [0.5, 0.6) is 0 Å². The average molecular weight is 1270 g/mol. The van der Waals surface area contributed by atoms with E-state index in [4.69, 9.17) is 61.6 Å². The Morgan fingerprint density at radius 3 is 0.849 bits per heavy atom. The van der Waals surface area contributed by atoms with Crippen LogP contribution in [0, 0.1) is 11.8 Å². The number of benzene rings is 7. The van der Waals surface area contributed by atoms with Crippen molar-refractivity contribution in [1.29, 1.82) is 0 Å². The molecule has 0 aliphatic carbocycles. The molecule has 3 heterocycles. The van der Waals surface area contributed by atoms with Gasteiger partial charge in [-0.05, 0) is 90.8 Å². The van der Waals surface area contributed by atoms with E-state index in [0.29, 0.717) is 0 Å². The first-order valence-corrected chi connectivity index (χ1v) is 30.1. The minimum absolute atomic E-state index is 0.0184. The van der Waals surface area contributed by atoms with Crippen molar-refractivity contribution in [2.24, 2.45) is 11.8 Å². The molecule has 0 spiro atoms. The summed E-state index contributed by atoms with van der Waals surface area (Å²) in [6.07, 6.45) is -19.7. The van der Waals surface area contributed by atoms with Gasteiger partial charge in [-0.25, -0.2) is 33.6 Å². The van der Waals surface area contributed by atoms with Crippen molar-refractivity contribution in [3.8, 4) is 0 Å². The summed E-state index contributed by atoms with van der Waals surface area (Å²) in [5.74, 6) is -7.32. The molecule has 0 amide bonds. The van der Waals surface area contributed by atoms with E-state index in [-0.39, 0.29) is 51.5 Å². The van der Waals surface area contributed by atoms with Crippen LogP contribution in [0.2, 0.25) is 0 Å². The van der Waals surface area contributed by atoms with Gasteiger partial charge in [0.05, 0.1) is 71.5 Å². The first-order valence-electron chi connectivity index (χ1n) is 30.1. The van der Waals surface area contributed by atoms with E-state index in [1.54, 1.807) is 146 Å². The molecule has 21 nitrogen and oxygen atoms in total. The molecule has 0 aromatic heterocycles. The summed E-state index contributed by atoms with van der Waals surface area (Å²) in [6.45, 7) is 5.28. The highest BCUT2D eigenvalue weighted by atomic mass is 16.8. The summed E-state index contributed by atoms with van der Waals surface area (Å²) in [5, 5.41) is 10.6. The maximum atomic E-state index is 14.7. The van der Waals surface area contributed by atoms with Crippen LogP contribution in [0.15, 0.2) is 225 Å². The van der Waals surface area contributed by atoms with Gasteiger partial charge in [-0.1, -0.05) is 147 Å². The zero-order valence-electron chi connectivity index (χ0n) is 50.6. The molecule has 0 radical (unpaired) electrons. The number of carbonyl (C=O) groups is 7. The van der Waals surface area contributed by atoms with Gasteiger partial charge in [-0.2, -0.15) is 0 Å². The molecule has 10 rings (SSSR count). The van der Waals surface area contributed by atoms with Crippen LogP contribution in [0.3, 0.4) is 0 Å². The molecule has 93 heavy (non-hydrogen) atoms. The van der Waals surface area contributed by atoms with Crippen LogP contribution in [-0.2, 0) is 61.6 Å². The van der Waals surface area contributed by atoms with Crippen LogP contribution in [-0.4, -0.2) is 153 Å². The quantitative estimate of drug-likeness (QED) is 0.0336. The maximum Gasteiger partial charge on any atom is 0.338 e. The second kappa shape index (κ2) is 32.0.